The van der Waals surface area contributed by atoms with Gasteiger partial charge in [0.1, 0.15) is 24.8 Å². The number of rotatable bonds is 20. The Morgan fingerprint density at radius 3 is 1.45 bits per heavy atom. The van der Waals surface area contributed by atoms with Gasteiger partial charge in [-0.25, -0.2) is 63.8 Å². The van der Waals surface area contributed by atoms with Crippen molar-refractivity contribution >= 4 is 93.2 Å². The highest BCUT2D eigenvalue weighted by atomic mass is 32.2. The Morgan fingerprint density at radius 2 is 0.989 bits per heavy atom. The topological polar surface area (TPSA) is 474 Å². The molecule has 89 heavy (non-hydrogen) atoms. The third kappa shape index (κ3) is 15.4. The summed E-state index contributed by atoms with van der Waals surface area (Å²) in [5, 5.41) is 82.5. The van der Waals surface area contributed by atoms with Crippen molar-refractivity contribution in [3.63, 3.8) is 0 Å². The van der Waals surface area contributed by atoms with Gasteiger partial charge in [-0.3, -0.25) is 12.5 Å². The third-order valence-corrected chi connectivity index (χ3v) is 18.2. The molecule has 33 nitrogen and oxygen atoms in total. The number of hydrogen-bond acceptors (Lipinski definition) is 28. The van der Waals surface area contributed by atoms with Gasteiger partial charge >= 0.3 is 30.9 Å². The van der Waals surface area contributed by atoms with E-state index in [2.05, 4.69) is 101 Å². The van der Waals surface area contributed by atoms with E-state index >= 15 is 0 Å². The molecule has 4 aliphatic rings. The van der Waals surface area contributed by atoms with Crippen molar-refractivity contribution in [3.05, 3.63) is 112 Å². The molecule has 0 bridgehead atoms. The molecule has 0 aliphatic heterocycles. The summed E-state index contributed by atoms with van der Waals surface area (Å²) in [4.78, 5) is 26.8. The number of aliphatic hydroxyl groups is 3. The predicted molar refractivity (Wildman–Crippen MR) is 316 cm³/mol. The molecule has 2 aromatic carbocycles. The zero-order chi connectivity index (χ0) is 62.6. The number of aryl methyl sites for hydroxylation is 1. The molecule has 9 unspecified atom stereocenters. The number of nitrogens with zero attached hydrogens (tertiary/aromatic N) is 15. The number of benzene rings is 2. The first-order valence-corrected chi connectivity index (χ1v) is 33.2. The number of thiophene rings is 1. The van der Waals surface area contributed by atoms with Crippen molar-refractivity contribution < 1.29 is 57.5 Å². The van der Waals surface area contributed by atoms with Crippen LogP contribution in [0.1, 0.15) is 90.7 Å². The normalized spacial score (nSPS) is 23.5. The lowest BCUT2D eigenvalue weighted by atomic mass is 10.1. The van der Waals surface area contributed by atoms with Crippen LogP contribution in [-0.2, 0) is 63.0 Å². The number of nitrogens with two attached hydrogens (primary N) is 3. The molecule has 4 aliphatic carbocycles. The molecule has 9 aromatic rings. The zero-order valence-corrected chi connectivity index (χ0v) is 50.3. The number of fused-ring (bicyclic) bond motifs is 4. The monoisotopic (exact) mass is 1310 g/mol. The van der Waals surface area contributed by atoms with Gasteiger partial charge in [0.25, 0.3) is 0 Å². The van der Waals surface area contributed by atoms with Gasteiger partial charge in [0.2, 0.25) is 0 Å². The Balaban J connectivity index is 0.000000138. The third-order valence-electron chi connectivity index (χ3n) is 15.9. The van der Waals surface area contributed by atoms with Gasteiger partial charge in [0.05, 0.1) is 68.8 Å². The summed E-state index contributed by atoms with van der Waals surface area (Å²) in [6.45, 7) is 0.262. The van der Waals surface area contributed by atoms with Gasteiger partial charge in [-0.1, -0.05) is 64.2 Å². The van der Waals surface area contributed by atoms with Gasteiger partial charge in [0, 0.05) is 34.7 Å². The molecule has 0 radical (unpaired) electrons. The van der Waals surface area contributed by atoms with E-state index in [-0.39, 0.29) is 68.2 Å². The van der Waals surface area contributed by atoms with E-state index < -0.39 is 55.1 Å². The van der Waals surface area contributed by atoms with Gasteiger partial charge in [0.15, 0.2) is 50.9 Å². The summed E-state index contributed by atoms with van der Waals surface area (Å²) in [7, 11) is -12.2. The minimum atomic E-state index is -4.08. The zero-order valence-electron chi connectivity index (χ0n) is 47.0. The minimum Gasteiger partial charge on any atom is -0.393 e. The smallest absolute Gasteiger partial charge is 0.333 e. The lowest BCUT2D eigenvalue weighted by molar-refractivity contribution is 0.0997. The van der Waals surface area contributed by atoms with Gasteiger partial charge in [-0.15, -0.1) is 26.6 Å². The highest BCUT2D eigenvalue weighted by molar-refractivity contribution is 7.84. The first kappa shape index (κ1) is 63.0. The van der Waals surface area contributed by atoms with E-state index in [1.54, 1.807) is 43.6 Å². The molecule has 13 rings (SSSR count). The van der Waals surface area contributed by atoms with Crippen LogP contribution < -0.4 is 31.4 Å². The van der Waals surface area contributed by atoms with Crippen LogP contribution in [0.25, 0.3) is 33.5 Å². The van der Waals surface area contributed by atoms with Crippen LogP contribution in [0.5, 0.6) is 0 Å². The predicted octanol–water partition coefficient (Wildman–Crippen LogP) is 1.78. The van der Waals surface area contributed by atoms with E-state index in [1.807, 2.05) is 29.6 Å². The summed E-state index contributed by atoms with van der Waals surface area (Å²) in [5.41, 5.74) is 6.15. The van der Waals surface area contributed by atoms with Crippen LogP contribution in [0.15, 0.2) is 85.0 Å². The van der Waals surface area contributed by atoms with Crippen molar-refractivity contribution in [1.82, 2.24) is 74.9 Å². The molecular weight excluding hydrogens is 1250 g/mol. The van der Waals surface area contributed by atoms with Gasteiger partial charge in [-0.05, 0) is 80.0 Å². The van der Waals surface area contributed by atoms with Crippen molar-refractivity contribution in [2.75, 3.05) is 35.8 Å². The lowest BCUT2D eigenvalue weighted by Gasteiger charge is -2.15. The number of anilines is 3. The average molecular weight is 1310 g/mol. The van der Waals surface area contributed by atoms with Crippen LogP contribution in [-0.4, -0.2) is 154 Å². The largest absolute Gasteiger partial charge is 0.393 e. The summed E-state index contributed by atoms with van der Waals surface area (Å²) in [5.74, 6) is 0.0996. The number of aromatic nitrogens is 15. The second-order valence-electron chi connectivity index (χ2n) is 21.8. The van der Waals surface area contributed by atoms with Crippen LogP contribution in [0.3, 0.4) is 0 Å². The SMILES string of the molecule is NS(=O)(=O)OCC1CC(n2nnc3c(NCc4ccccc4F)ncnc32)CC1O.NS(=O)(=O)OCC1CC(n2nnc3c(NCc4cccs4)ncnc32)CC1O.NS(=O)(=O)OCC1CC(n2nnc3c(N[C@H]4CCc5ccccc54)ncnc32)CC1O. The van der Waals surface area contributed by atoms with E-state index in [1.165, 1.54) is 36.2 Å². The quantitative estimate of drug-likeness (QED) is 0.0525. The Kier molecular flexibility index (Phi) is 19.0. The lowest BCUT2D eigenvalue weighted by Crippen LogP contribution is -2.24. The Bertz CT molecular complexity index is 4280. The molecule has 3 fully saturated rings. The first-order chi connectivity index (χ1) is 42.6. The van der Waals surface area contributed by atoms with Crippen LogP contribution >= 0.6 is 11.3 Å². The maximum atomic E-state index is 13.8. The number of halogens is 1. The summed E-state index contributed by atoms with van der Waals surface area (Å²) in [6.07, 6.45) is 6.45. The molecule has 7 aromatic heterocycles. The Labute approximate surface area is 511 Å². The molecule has 474 valence electrons. The first-order valence-electron chi connectivity index (χ1n) is 27.9. The summed E-state index contributed by atoms with van der Waals surface area (Å²) >= 11 is 1.64. The summed E-state index contributed by atoms with van der Waals surface area (Å²) < 4.78 is 98.7. The molecule has 0 amide bonds. The highest BCUT2D eigenvalue weighted by Crippen LogP contribution is 2.40. The standard InChI is InChI=1S/C19H23N7O4S.C17H20FN7O4S.C15H19N7O4S2/c20-31(28,29)30-9-12-7-13(8-16(12)27)26-19-17(24-25-26)18(21-10-22-19)23-15-6-5-11-3-1-2-4-14(11)15;18-13-4-2-1-3-10(13)7-20-16-15-17(22-9-21-16)25(24-23-15)12-5-11(14(26)6-12)8-29-30(19,27)28;16-28(24,25)26-7-9-4-10(5-12(9)23)22-15-13(20-21-22)14(18-8-19-15)17-6-11-2-1-3-27-11/h1-4,10,12-13,15-16,27H,5-9H2,(H2,20,28,29)(H,21,22,23);1-4,9,11-12,14,26H,5-8H2,(H2,19,27,28)(H,20,21,22);1-3,8-10,12,23H,4-7H2,(H2,16,24,25)(H,17,18,19)/t12?,13?,15-,16?;;/m0../s1. The molecule has 10 atom stereocenters. The Hall–Kier alpha value is -7.60. The molecule has 7 heterocycles. The molecule has 38 heteroatoms. The van der Waals surface area contributed by atoms with E-state index in [0.29, 0.717) is 102 Å². The fourth-order valence-corrected chi connectivity index (χ4v) is 13.3. The minimum absolute atomic E-state index is 0.146. The number of nitrogens with one attached hydrogen (secondary N) is 3. The van der Waals surface area contributed by atoms with Crippen molar-refractivity contribution in [2.45, 2.75) is 107 Å². The molecule has 3 saturated carbocycles. The van der Waals surface area contributed by atoms with Crippen LogP contribution in [0.2, 0.25) is 0 Å². The van der Waals surface area contributed by atoms with E-state index in [4.69, 9.17) is 15.4 Å². The van der Waals surface area contributed by atoms with Crippen molar-refractivity contribution in [1.29, 1.82) is 0 Å². The second kappa shape index (κ2) is 26.8. The van der Waals surface area contributed by atoms with E-state index in [9.17, 15) is 45.0 Å². The highest BCUT2D eigenvalue weighted by Gasteiger charge is 2.40. The fraction of sp³-hybridized carbons (Fsp3) is 0.451. The van der Waals surface area contributed by atoms with Crippen molar-refractivity contribution in [2.24, 2.45) is 33.2 Å². The van der Waals surface area contributed by atoms with Gasteiger partial charge in [-0.2, -0.15) is 25.3 Å². The maximum absolute atomic E-state index is 13.8. The molecular formula is C51H62FN21O12S4. The Morgan fingerprint density at radius 1 is 0.551 bits per heavy atom. The fourth-order valence-electron chi connectivity index (χ4n) is 11.6. The van der Waals surface area contributed by atoms with Gasteiger partial charge < -0.3 is 31.3 Å². The second-order valence-corrected chi connectivity index (χ2v) is 26.5. The maximum Gasteiger partial charge on any atom is 0.333 e. The van der Waals surface area contributed by atoms with Crippen LogP contribution in [0, 0.1) is 23.6 Å². The van der Waals surface area contributed by atoms with Crippen molar-refractivity contribution in [3.8, 4) is 0 Å². The van der Waals surface area contributed by atoms with Crippen LogP contribution in [0.4, 0.5) is 21.8 Å². The summed E-state index contributed by atoms with van der Waals surface area (Å²) in [6, 6.07) is 18.3. The average Bonchev–Trinajstić information content (AvgIpc) is 1.77. The number of hydrogen-bond donors (Lipinski definition) is 9. The molecule has 0 saturated heterocycles. The number of aliphatic hydroxyl groups excluding tert-OH is 3. The molecule has 0 spiro atoms. The van der Waals surface area contributed by atoms with E-state index in [0.717, 1.165) is 17.7 Å². The molecule has 12 N–H and O–H groups in total.